The number of ether oxygens (including phenoxy) is 1. The van der Waals surface area contributed by atoms with E-state index >= 15 is 0 Å². The van der Waals surface area contributed by atoms with E-state index in [1.807, 2.05) is 75.4 Å². The van der Waals surface area contributed by atoms with Gasteiger partial charge in [-0.15, -0.1) is 0 Å². The van der Waals surface area contributed by atoms with Gasteiger partial charge in [0.15, 0.2) is 5.78 Å². The van der Waals surface area contributed by atoms with Crippen molar-refractivity contribution in [2.75, 3.05) is 0 Å². The van der Waals surface area contributed by atoms with Gasteiger partial charge in [-0.2, -0.15) is 0 Å². The van der Waals surface area contributed by atoms with Gasteiger partial charge in [-0.05, 0) is 31.5 Å². The highest BCUT2D eigenvalue weighted by Gasteiger charge is 2.17. The summed E-state index contributed by atoms with van der Waals surface area (Å²) in [5.74, 6) is 0.710. The van der Waals surface area contributed by atoms with E-state index in [4.69, 9.17) is 4.74 Å². The van der Waals surface area contributed by atoms with Crippen LogP contribution in [0.5, 0.6) is 5.75 Å². The number of hydrogen-bond acceptors (Lipinski definition) is 2. The molecule has 1 unspecified atom stereocenters. The predicted molar refractivity (Wildman–Crippen MR) is 81.4 cm³/mol. The Hall–Kier alpha value is -2.09. The molecule has 2 aromatic carbocycles. The fraction of sp³-hybridized carbons (Fsp3) is 0.278. The van der Waals surface area contributed by atoms with Crippen molar-refractivity contribution >= 4 is 5.78 Å². The van der Waals surface area contributed by atoms with Crippen LogP contribution in [0.3, 0.4) is 0 Å². The Morgan fingerprint density at radius 1 is 0.950 bits per heavy atom. The minimum Gasteiger partial charge on any atom is -0.491 e. The first-order valence-corrected chi connectivity index (χ1v) is 6.94. The molecule has 1 atom stereocenters. The van der Waals surface area contributed by atoms with Crippen LogP contribution in [0.2, 0.25) is 0 Å². The van der Waals surface area contributed by atoms with E-state index < -0.39 is 0 Å². The van der Waals surface area contributed by atoms with Crippen molar-refractivity contribution in [2.24, 2.45) is 0 Å². The van der Waals surface area contributed by atoms with E-state index in [1.165, 1.54) is 0 Å². The number of rotatable bonds is 5. The molecule has 0 fully saturated rings. The Balaban J connectivity index is 2.21. The van der Waals surface area contributed by atoms with Crippen LogP contribution in [-0.4, -0.2) is 11.9 Å². The van der Waals surface area contributed by atoms with Crippen LogP contribution in [-0.2, 0) is 0 Å². The zero-order valence-corrected chi connectivity index (χ0v) is 12.2. The molecule has 2 rings (SSSR count). The van der Waals surface area contributed by atoms with Gasteiger partial charge in [0, 0.05) is 11.5 Å². The van der Waals surface area contributed by atoms with Crippen molar-refractivity contribution in [1.29, 1.82) is 0 Å². The molecule has 0 N–H and O–H groups in total. The minimum atomic E-state index is -0.148. The number of hydrogen-bond donors (Lipinski definition) is 0. The molecule has 0 saturated heterocycles. The third-order valence-corrected chi connectivity index (χ3v) is 3.18. The minimum absolute atomic E-state index is 0.104. The van der Waals surface area contributed by atoms with Gasteiger partial charge < -0.3 is 4.74 Å². The Labute approximate surface area is 120 Å². The lowest BCUT2D eigenvalue weighted by Crippen LogP contribution is -2.11. The molecule has 0 amide bonds. The van der Waals surface area contributed by atoms with Crippen LogP contribution in [0.4, 0.5) is 0 Å². The summed E-state index contributed by atoms with van der Waals surface area (Å²) in [6.45, 7) is 5.88. The van der Waals surface area contributed by atoms with Gasteiger partial charge in [-0.1, -0.05) is 49.4 Å². The second-order valence-electron chi connectivity index (χ2n) is 5.19. The fourth-order valence-corrected chi connectivity index (χ4v) is 2.14. The zero-order valence-electron chi connectivity index (χ0n) is 12.2. The van der Waals surface area contributed by atoms with Crippen LogP contribution < -0.4 is 4.74 Å². The van der Waals surface area contributed by atoms with Crippen LogP contribution in [0.1, 0.15) is 42.6 Å². The average Bonchev–Trinajstić information content (AvgIpc) is 2.46. The summed E-state index contributed by atoms with van der Waals surface area (Å²) in [6.07, 6.45) is 0.104. The summed E-state index contributed by atoms with van der Waals surface area (Å²) in [4.78, 5) is 12.5. The van der Waals surface area contributed by atoms with Crippen LogP contribution in [0.15, 0.2) is 54.6 Å². The summed E-state index contributed by atoms with van der Waals surface area (Å²) < 4.78 is 5.64. The molecule has 0 aliphatic heterocycles. The van der Waals surface area contributed by atoms with E-state index in [2.05, 4.69) is 0 Å². The smallest absolute Gasteiger partial charge is 0.170 e. The Morgan fingerprint density at radius 3 is 2.30 bits per heavy atom. The molecule has 0 heterocycles. The highest BCUT2D eigenvalue weighted by Crippen LogP contribution is 2.23. The van der Waals surface area contributed by atoms with E-state index in [0.717, 1.165) is 11.3 Å². The maximum Gasteiger partial charge on any atom is 0.170 e. The lowest BCUT2D eigenvalue weighted by molar-refractivity contribution is 0.0965. The molecular formula is C18H20O2. The third kappa shape index (κ3) is 3.47. The molecule has 0 spiro atoms. The van der Waals surface area contributed by atoms with Gasteiger partial charge in [-0.3, -0.25) is 4.79 Å². The second-order valence-corrected chi connectivity index (χ2v) is 5.19. The SMILES string of the molecule is CC(C)Oc1cccc(C(=O)C(C)c2ccccc2)c1. The van der Waals surface area contributed by atoms with E-state index in [0.29, 0.717) is 5.56 Å². The van der Waals surface area contributed by atoms with Gasteiger partial charge in [0.25, 0.3) is 0 Å². The number of carbonyl (C=O) groups excluding carboxylic acids is 1. The maximum atomic E-state index is 12.5. The van der Waals surface area contributed by atoms with Gasteiger partial charge in [-0.25, -0.2) is 0 Å². The lowest BCUT2D eigenvalue weighted by atomic mass is 9.92. The van der Waals surface area contributed by atoms with Gasteiger partial charge in [0.05, 0.1) is 6.10 Å². The average molecular weight is 268 g/mol. The summed E-state index contributed by atoms with van der Waals surface area (Å²) in [7, 11) is 0. The molecule has 0 radical (unpaired) electrons. The molecule has 0 saturated carbocycles. The van der Waals surface area contributed by atoms with Crippen molar-refractivity contribution in [3.63, 3.8) is 0 Å². The predicted octanol–water partition coefficient (Wildman–Crippen LogP) is 4.46. The Morgan fingerprint density at radius 2 is 1.65 bits per heavy atom. The molecule has 104 valence electrons. The van der Waals surface area contributed by atoms with Crippen molar-refractivity contribution < 1.29 is 9.53 Å². The van der Waals surface area contributed by atoms with Crippen LogP contribution in [0, 0.1) is 0 Å². The summed E-state index contributed by atoms with van der Waals surface area (Å²) in [5, 5.41) is 0. The number of Topliss-reactive ketones (excluding diaryl/α,β-unsaturated/α-hetero) is 1. The van der Waals surface area contributed by atoms with Crippen molar-refractivity contribution in [1.82, 2.24) is 0 Å². The molecule has 0 aliphatic carbocycles. The van der Waals surface area contributed by atoms with Crippen LogP contribution in [0.25, 0.3) is 0 Å². The molecular weight excluding hydrogens is 248 g/mol. The Bertz CT molecular complexity index is 573. The fourth-order valence-electron chi connectivity index (χ4n) is 2.14. The monoisotopic (exact) mass is 268 g/mol. The van der Waals surface area contributed by atoms with E-state index in [1.54, 1.807) is 0 Å². The maximum absolute atomic E-state index is 12.5. The quantitative estimate of drug-likeness (QED) is 0.748. The number of ketones is 1. The summed E-state index contributed by atoms with van der Waals surface area (Å²) in [6, 6.07) is 17.2. The standard InChI is InChI=1S/C18H20O2/c1-13(2)20-17-11-7-10-16(12-17)18(19)14(3)15-8-5-4-6-9-15/h4-14H,1-3H3. The molecule has 0 bridgehead atoms. The highest BCUT2D eigenvalue weighted by molar-refractivity contribution is 6.01. The Kier molecular flexibility index (Phi) is 4.57. The van der Waals surface area contributed by atoms with Gasteiger partial charge in [0.1, 0.15) is 5.75 Å². The highest BCUT2D eigenvalue weighted by atomic mass is 16.5. The first kappa shape index (κ1) is 14.3. The molecule has 0 aromatic heterocycles. The second kappa shape index (κ2) is 6.38. The van der Waals surface area contributed by atoms with Crippen LogP contribution >= 0.6 is 0 Å². The molecule has 2 nitrogen and oxygen atoms in total. The summed E-state index contributed by atoms with van der Waals surface area (Å²) in [5.41, 5.74) is 1.73. The van der Waals surface area contributed by atoms with Crippen molar-refractivity contribution in [3.05, 3.63) is 65.7 Å². The third-order valence-electron chi connectivity index (χ3n) is 3.18. The van der Waals surface area contributed by atoms with E-state index in [9.17, 15) is 4.79 Å². The zero-order chi connectivity index (χ0) is 14.5. The molecule has 2 heteroatoms. The lowest BCUT2D eigenvalue weighted by Gasteiger charge is -2.13. The first-order valence-electron chi connectivity index (χ1n) is 6.94. The first-order chi connectivity index (χ1) is 9.58. The van der Waals surface area contributed by atoms with Crippen molar-refractivity contribution in [3.8, 4) is 5.75 Å². The number of carbonyl (C=O) groups is 1. The van der Waals surface area contributed by atoms with Gasteiger partial charge >= 0.3 is 0 Å². The molecule has 0 aliphatic rings. The molecule has 20 heavy (non-hydrogen) atoms. The molecule has 2 aromatic rings. The number of benzene rings is 2. The van der Waals surface area contributed by atoms with Crippen molar-refractivity contribution in [2.45, 2.75) is 32.8 Å². The van der Waals surface area contributed by atoms with Gasteiger partial charge in [0.2, 0.25) is 0 Å². The summed E-state index contributed by atoms with van der Waals surface area (Å²) >= 11 is 0. The topological polar surface area (TPSA) is 26.3 Å². The van der Waals surface area contributed by atoms with E-state index in [-0.39, 0.29) is 17.8 Å². The normalized spacial score (nSPS) is 12.2. The largest absolute Gasteiger partial charge is 0.491 e.